The van der Waals surface area contributed by atoms with Gasteiger partial charge in [-0.2, -0.15) is 0 Å². The molecule has 0 fully saturated rings. The number of aryl methyl sites for hydroxylation is 1. The number of carbonyl (C=O) groups is 1. The van der Waals surface area contributed by atoms with E-state index in [-0.39, 0.29) is 11.9 Å². The molecule has 0 saturated carbocycles. The Balaban J connectivity index is 2.16. The third-order valence-electron chi connectivity index (χ3n) is 3.62. The Morgan fingerprint density at radius 1 is 1.19 bits per heavy atom. The Morgan fingerprint density at radius 3 is 2.52 bits per heavy atom. The van der Waals surface area contributed by atoms with Crippen LogP contribution in [0, 0.1) is 6.92 Å². The van der Waals surface area contributed by atoms with Gasteiger partial charge in [-0.3, -0.25) is 4.79 Å². The van der Waals surface area contributed by atoms with Crippen LogP contribution in [0.4, 0.5) is 5.69 Å². The largest absolute Gasteiger partial charge is 0.399 e. The van der Waals surface area contributed by atoms with Gasteiger partial charge < -0.3 is 11.1 Å². The van der Waals surface area contributed by atoms with Gasteiger partial charge in [-0.25, -0.2) is 0 Å². The highest BCUT2D eigenvalue weighted by atomic mass is 16.1. The Labute approximate surface area is 126 Å². The molecule has 1 unspecified atom stereocenters. The molecule has 21 heavy (non-hydrogen) atoms. The molecule has 3 N–H and O–H groups in total. The SMILES string of the molecule is CCCC(NC(=O)c1ccc(N)c(C)c1)c1ccccc1. The van der Waals surface area contributed by atoms with Crippen LogP contribution in [0.5, 0.6) is 0 Å². The first kappa shape index (κ1) is 15.1. The molecular formula is C18H22N2O. The number of rotatable bonds is 5. The van der Waals surface area contributed by atoms with Crippen LogP contribution in [0.15, 0.2) is 48.5 Å². The lowest BCUT2D eigenvalue weighted by atomic mass is 10.0. The Kier molecular flexibility index (Phi) is 4.99. The van der Waals surface area contributed by atoms with Gasteiger partial charge in [0.1, 0.15) is 0 Å². The lowest BCUT2D eigenvalue weighted by Crippen LogP contribution is -2.28. The summed E-state index contributed by atoms with van der Waals surface area (Å²) in [7, 11) is 0. The summed E-state index contributed by atoms with van der Waals surface area (Å²) in [6, 6.07) is 15.5. The quantitative estimate of drug-likeness (QED) is 0.818. The van der Waals surface area contributed by atoms with Crippen molar-refractivity contribution in [1.29, 1.82) is 0 Å². The molecule has 0 radical (unpaired) electrons. The molecule has 0 aliphatic rings. The summed E-state index contributed by atoms with van der Waals surface area (Å²) in [6.45, 7) is 4.03. The molecular weight excluding hydrogens is 260 g/mol. The van der Waals surface area contributed by atoms with Crippen molar-refractivity contribution in [1.82, 2.24) is 5.32 Å². The van der Waals surface area contributed by atoms with Crippen LogP contribution in [0.3, 0.4) is 0 Å². The maximum atomic E-state index is 12.4. The van der Waals surface area contributed by atoms with Crippen molar-refractivity contribution < 1.29 is 4.79 Å². The summed E-state index contributed by atoms with van der Waals surface area (Å²) in [6.07, 6.45) is 1.93. The van der Waals surface area contributed by atoms with Gasteiger partial charge >= 0.3 is 0 Å². The van der Waals surface area contributed by atoms with E-state index in [0.29, 0.717) is 11.3 Å². The fourth-order valence-electron chi connectivity index (χ4n) is 2.35. The van der Waals surface area contributed by atoms with Gasteiger partial charge in [0.05, 0.1) is 6.04 Å². The van der Waals surface area contributed by atoms with E-state index in [0.717, 1.165) is 24.0 Å². The molecule has 2 aromatic rings. The van der Waals surface area contributed by atoms with E-state index >= 15 is 0 Å². The van der Waals surface area contributed by atoms with Crippen LogP contribution >= 0.6 is 0 Å². The highest BCUT2D eigenvalue weighted by molar-refractivity contribution is 5.95. The zero-order valence-electron chi connectivity index (χ0n) is 12.6. The molecule has 0 spiro atoms. The molecule has 0 aliphatic carbocycles. The molecule has 0 bridgehead atoms. The van der Waals surface area contributed by atoms with E-state index < -0.39 is 0 Å². The number of anilines is 1. The number of carbonyl (C=O) groups excluding carboxylic acids is 1. The maximum Gasteiger partial charge on any atom is 0.251 e. The molecule has 0 saturated heterocycles. The molecule has 0 aromatic heterocycles. The zero-order chi connectivity index (χ0) is 15.2. The third-order valence-corrected chi connectivity index (χ3v) is 3.62. The van der Waals surface area contributed by atoms with Crippen molar-refractivity contribution in [2.75, 3.05) is 5.73 Å². The lowest BCUT2D eigenvalue weighted by molar-refractivity contribution is 0.0934. The van der Waals surface area contributed by atoms with Gasteiger partial charge in [-0.15, -0.1) is 0 Å². The van der Waals surface area contributed by atoms with E-state index in [1.165, 1.54) is 0 Å². The molecule has 110 valence electrons. The molecule has 0 heterocycles. The van der Waals surface area contributed by atoms with E-state index in [4.69, 9.17) is 5.73 Å². The Hall–Kier alpha value is -2.29. The summed E-state index contributed by atoms with van der Waals surface area (Å²) in [5.41, 5.74) is 9.22. The van der Waals surface area contributed by atoms with Crippen LogP contribution in [0.1, 0.15) is 47.3 Å². The molecule has 0 aliphatic heterocycles. The number of benzene rings is 2. The van der Waals surface area contributed by atoms with Gasteiger partial charge in [0.15, 0.2) is 0 Å². The fourth-order valence-corrected chi connectivity index (χ4v) is 2.35. The van der Waals surface area contributed by atoms with Crippen LogP contribution in [-0.2, 0) is 0 Å². The Morgan fingerprint density at radius 2 is 1.90 bits per heavy atom. The van der Waals surface area contributed by atoms with Gasteiger partial charge in [-0.1, -0.05) is 43.7 Å². The smallest absolute Gasteiger partial charge is 0.251 e. The average Bonchev–Trinajstić information content (AvgIpc) is 2.50. The Bertz CT molecular complexity index is 608. The van der Waals surface area contributed by atoms with Crippen molar-refractivity contribution in [3.8, 4) is 0 Å². The topological polar surface area (TPSA) is 55.1 Å². The summed E-state index contributed by atoms with van der Waals surface area (Å²) in [4.78, 5) is 12.4. The highest BCUT2D eigenvalue weighted by Crippen LogP contribution is 2.19. The fraction of sp³-hybridized carbons (Fsp3) is 0.278. The average molecular weight is 282 g/mol. The number of nitrogens with one attached hydrogen (secondary N) is 1. The van der Waals surface area contributed by atoms with Crippen molar-refractivity contribution in [2.45, 2.75) is 32.7 Å². The van der Waals surface area contributed by atoms with Gasteiger partial charge in [0, 0.05) is 11.3 Å². The van der Waals surface area contributed by atoms with Crippen molar-refractivity contribution in [2.24, 2.45) is 0 Å². The van der Waals surface area contributed by atoms with Crippen LogP contribution < -0.4 is 11.1 Å². The van der Waals surface area contributed by atoms with Crippen LogP contribution in [0.2, 0.25) is 0 Å². The van der Waals surface area contributed by atoms with E-state index in [1.807, 2.05) is 31.2 Å². The summed E-state index contributed by atoms with van der Waals surface area (Å²) in [5, 5.41) is 3.12. The van der Waals surface area contributed by atoms with E-state index in [9.17, 15) is 4.79 Å². The van der Waals surface area contributed by atoms with Crippen LogP contribution in [-0.4, -0.2) is 5.91 Å². The minimum absolute atomic E-state index is 0.0431. The van der Waals surface area contributed by atoms with E-state index in [1.54, 1.807) is 12.1 Å². The second kappa shape index (κ2) is 6.93. The second-order valence-electron chi connectivity index (χ2n) is 5.30. The molecule has 2 rings (SSSR count). The second-order valence-corrected chi connectivity index (χ2v) is 5.30. The van der Waals surface area contributed by atoms with E-state index in [2.05, 4.69) is 24.4 Å². The predicted molar refractivity (Wildman–Crippen MR) is 87.1 cm³/mol. The minimum atomic E-state index is -0.0552. The van der Waals surface area contributed by atoms with Crippen molar-refractivity contribution in [3.05, 3.63) is 65.2 Å². The number of hydrogen-bond donors (Lipinski definition) is 2. The molecule has 3 nitrogen and oxygen atoms in total. The first-order chi connectivity index (χ1) is 10.1. The monoisotopic (exact) mass is 282 g/mol. The summed E-state index contributed by atoms with van der Waals surface area (Å²) in [5.74, 6) is -0.0552. The molecule has 3 heteroatoms. The lowest BCUT2D eigenvalue weighted by Gasteiger charge is -2.19. The third kappa shape index (κ3) is 3.85. The van der Waals surface area contributed by atoms with Crippen molar-refractivity contribution in [3.63, 3.8) is 0 Å². The number of nitrogens with two attached hydrogens (primary N) is 1. The van der Waals surface area contributed by atoms with Crippen LogP contribution in [0.25, 0.3) is 0 Å². The highest BCUT2D eigenvalue weighted by Gasteiger charge is 2.15. The predicted octanol–water partition coefficient (Wildman–Crippen LogP) is 3.85. The first-order valence-corrected chi connectivity index (χ1v) is 7.33. The number of hydrogen-bond acceptors (Lipinski definition) is 2. The molecule has 2 aromatic carbocycles. The number of amides is 1. The minimum Gasteiger partial charge on any atom is -0.399 e. The standard InChI is InChI=1S/C18H22N2O/c1-3-7-17(14-8-5-4-6-9-14)20-18(21)15-10-11-16(19)13(2)12-15/h4-6,8-12,17H,3,7,19H2,1-2H3,(H,20,21). The molecule has 1 atom stereocenters. The zero-order valence-corrected chi connectivity index (χ0v) is 12.6. The summed E-state index contributed by atoms with van der Waals surface area (Å²) < 4.78 is 0. The van der Waals surface area contributed by atoms with Gasteiger partial charge in [0.2, 0.25) is 0 Å². The molecule has 1 amide bonds. The first-order valence-electron chi connectivity index (χ1n) is 7.33. The normalized spacial score (nSPS) is 11.9. The van der Waals surface area contributed by atoms with Crippen molar-refractivity contribution >= 4 is 11.6 Å². The summed E-state index contributed by atoms with van der Waals surface area (Å²) >= 11 is 0. The maximum absolute atomic E-state index is 12.4. The number of nitrogen functional groups attached to an aromatic ring is 1. The van der Waals surface area contributed by atoms with Gasteiger partial charge in [0.25, 0.3) is 5.91 Å². The van der Waals surface area contributed by atoms with Gasteiger partial charge in [-0.05, 0) is 42.7 Å².